The van der Waals surface area contributed by atoms with E-state index in [1.807, 2.05) is 18.3 Å². The van der Waals surface area contributed by atoms with Crippen LogP contribution in [0.2, 0.25) is 0 Å². The summed E-state index contributed by atoms with van der Waals surface area (Å²) in [6, 6.07) is 1.93. The van der Waals surface area contributed by atoms with Crippen molar-refractivity contribution in [3.63, 3.8) is 0 Å². The summed E-state index contributed by atoms with van der Waals surface area (Å²) in [7, 11) is 0. The quantitative estimate of drug-likeness (QED) is 0.500. The molecule has 0 fully saturated rings. The summed E-state index contributed by atoms with van der Waals surface area (Å²) >= 11 is 0.432. The number of rotatable bonds is 2. The normalized spacial score (nSPS) is 9.60. The van der Waals surface area contributed by atoms with Crippen molar-refractivity contribution in [3.05, 3.63) is 30.6 Å². The molecule has 0 saturated heterocycles. The van der Waals surface area contributed by atoms with Crippen molar-refractivity contribution >= 4 is 26.4 Å². The Morgan fingerprint density at radius 1 is 1.70 bits per heavy atom. The molecular weight excluding hydrogens is 231 g/mol. The van der Waals surface area contributed by atoms with Gasteiger partial charge < -0.3 is 0 Å². The second-order valence-electron chi connectivity index (χ2n) is 2.09. The molecular formula is C7H10N2Sn. The van der Waals surface area contributed by atoms with Crippen LogP contribution in [0.4, 0.5) is 0 Å². The molecule has 0 aliphatic carbocycles. The van der Waals surface area contributed by atoms with Gasteiger partial charge in [-0.05, 0) is 0 Å². The molecule has 1 rings (SSSR count). The Morgan fingerprint density at radius 2 is 2.50 bits per heavy atom. The zero-order valence-electron chi connectivity index (χ0n) is 6.04. The van der Waals surface area contributed by atoms with Crippen LogP contribution in [0.25, 0.3) is 0 Å². The van der Waals surface area contributed by atoms with E-state index in [1.54, 1.807) is 0 Å². The molecule has 1 aromatic rings. The third-order valence-corrected chi connectivity index (χ3v) is 2.56. The number of hydrogen-bond acceptors (Lipinski definition) is 2. The van der Waals surface area contributed by atoms with E-state index in [-0.39, 0.29) is 0 Å². The second-order valence-corrected chi connectivity index (χ2v) is 4.64. The van der Waals surface area contributed by atoms with Crippen molar-refractivity contribution in [2.24, 2.45) is 0 Å². The molecule has 0 aliphatic rings. The van der Waals surface area contributed by atoms with E-state index >= 15 is 0 Å². The summed E-state index contributed by atoms with van der Waals surface area (Å²) in [6.07, 6.45) is 4.53. The van der Waals surface area contributed by atoms with Crippen molar-refractivity contribution in [2.75, 3.05) is 0 Å². The zero-order chi connectivity index (χ0) is 7.40. The summed E-state index contributed by atoms with van der Waals surface area (Å²) in [5.74, 6) is 0. The van der Waals surface area contributed by atoms with Crippen LogP contribution in [0.3, 0.4) is 0 Å². The van der Waals surface area contributed by atoms with Crippen molar-refractivity contribution in [1.82, 2.24) is 9.97 Å². The maximum atomic E-state index is 4.27. The molecule has 0 saturated carbocycles. The molecule has 0 unspecified atom stereocenters. The molecule has 0 atom stereocenters. The summed E-state index contributed by atoms with van der Waals surface area (Å²) in [5.41, 5.74) is 1.08. The first-order chi connectivity index (χ1) is 4.83. The molecule has 0 bridgehead atoms. The fourth-order valence-corrected chi connectivity index (χ4v) is 2.01. The molecule has 0 amide bonds. The topological polar surface area (TPSA) is 25.8 Å². The number of nitrogens with zero attached hydrogens (tertiary/aromatic N) is 2. The van der Waals surface area contributed by atoms with Gasteiger partial charge in [-0.1, -0.05) is 0 Å². The summed E-state index contributed by atoms with van der Waals surface area (Å²) in [4.78, 5) is 8.34. The zero-order valence-corrected chi connectivity index (χ0v) is 11.7. The van der Waals surface area contributed by atoms with Crippen LogP contribution in [0.15, 0.2) is 24.9 Å². The van der Waals surface area contributed by atoms with Crippen molar-refractivity contribution in [1.29, 1.82) is 0 Å². The van der Waals surface area contributed by atoms with Crippen LogP contribution in [0.5, 0.6) is 0 Å². The molecule has 0 aliphatic heterocycles. The summed E-state index contributed by atoms with van der Waals surface area (Å²) in [6.45, 7) is 3.64. The Kier molecular flexibility index (Phi) is 2.86. The molecule has 2 nitrogen and oxygen atoms in total. The van der Waals surface area contributed by atoms with E-state index < -0.39 is 0 Å². The SMILES string of the molecule is C=CCc1ccn[c]([SnH3])n1. The minimum absolute atomic E-state index is 0.432. The van der Waals surface area contributed by atoms with E-state index in [2.05, 4.69) is 16.5 Å². The van der Waals surface area contributed by atoms with Crippen molar-refractivity contribution in [2.45, 2.75) is 6.42 Å². The Labute approximate surface area is 73.5 Å². The molecule has 0 spiro atoms. The van der Waals surface area contributed by atoms with Gasteiger partial charge in [0.2, 0.25) is 0 Å². The first kappa shape index (κ1) is 7.72. The standard InChI is InChI=1S/C7H7N2.Sn.3H/c1-2-3-7-4-5-8-6-9-7;;;;/h2,4-5H,1,3H2;;;;. The number of hydrogen-bond donors (Lipinski definition) is 0. The van der Waals surface area contributed by atoms with Crippen LogP contribution in [-0.2, 0) is 6.42 Å². The predicted octanol–water partition coefficient (Wildman–Crippen LogP) is -0.804. The second kappa shape index (κ2) is 3.71. The van der Waals surface area contributed by atoms with E-state index in [0.29, 0.717) is 22.5 Å². The van der Waals surface area contributed by atoms with Gasteiger partial charge in [0.25, 0.3) is 0 Å². The Balaban J connectivity index is 2.84. The third-order valence-electron chi connectivity index (χ3n) is 1.19. The molecule has 3 heteroatoms. The Hall–Kier alpha value is -0.381. The average molecular weight is 241 g/mol. The Bertz CT molecular complexity index is 235. The Morgan fingerprint density at radius 3 is 3.10 bits per heavy atom. The van der Waals surface area contributed by atoms with Gasteiger partial charge in [0.15, 0.2) is 0 Å². The van der Waals surface area contributed by atoms with Gasteiger partial charge >= 0.3 is 73.4 Å². The monoisotopic (exact) mass is 242 g/mol. The maximum absolute atomic E-state index is 4.27. The van der Waals surface area contributed by atoms with E-state index in [0.717, 1.165) is 16.0 Å². The van der Waals surface area contributed by atoms with Crippen molar-refractivity contribution in [3.8, 4) is 0 Å². The summed E-state index contributed by atoms with van der Waals surface area (Å²) in [5, 5.41) is 0. The van der Waals surface area contributed by atoms with Gasteiger partial charge in [-0.2, -0.15) is 0 Å². The van der Waals surface area contributed by atoms with Gasteiger partial charge in [0.1, 0.15) is 0 Å². The van der Waals surface area contributed by atoms with Gasteiger partial charge in [-0.15, -0.1) is 0 Å². The summed E-state index contributed by atoms with van der Waals surface area (Å²) < 4.78 is 1.03. The first-order valence-electron chi connectivity index (χ1n) is 3.22. The average Bonchev–Trinajstić information content (AvgIpc) is 1.88. The predicted molar refractivity (Wildman–Crippen MR) is 45.5 cm³/mol. The third kappa shape index (κ3) is 2.10. The molecule has 1 heterocycles. The van der Waals surface area contributed by atoms with Gasteiger partial charge in [0.05, 0.1) is 0 Å². The van der Waals surface area contributed by atoms with E-state index in [4.69, 9.17) is 0 Å². The molecule has 1 aromatic heterocycles. The molecule has 10 heavy (non-hydrogen) atoms. The van der Waals surface area contributed by atoms with E-state index in [9.17, 15) is 0 Å². The van der Waals surface area contributed by atoms with Gasteiger partial charge in [0, 0.05) is 0 Å². The van der Waals surface area contributed by atoms with Crippen LogP contribution in [0, 0.1) is 0 Å². The molecule has 0 N–H and O–H groups in total. The van der Waals surface area contributed by atoms with E-state index in [1.165, 1.54) is 0 Å². The van der Waals surface area contributed by atoms with Crippen LogP contribution in [0.1, 0.15) is 5.69 Å². The van der Waals surface area contributed by atoms with Crippen LogP contribution in [-0.4, -0.2) is 32.5 Å². The fourth-order valence-electron chi connectivity index (χ4n) is 0.767. The van der Waals surface area contributed by atoms with Gasteiger partial charge in [-0.25, -0.2) is 0 Å². The van der Waals surface area contributed by atoms with Crippen LogP contribution < -0.4 is 3.84 Å². The number of allylic oxidation sites excluding steroid dienone is 1. The molecule has 0 aromatic carbocycles. The van der Waals surface area contributed by atoms with Crippen molar-refractivity contribution < 1.29 is 0 Å². The number of aromatic nitrogens is 2. The molecule has 0 radical (unpaired) electrons. The van der Waals surface area contributed by atoms with Gasteiger partial charge in [-0.3, -0.25) is 0 Å². The van der Waals surface area contributed by atoms with Crippen LogP contribution >= 0.6 is 0 Å². The minimum atomic E-state index is 0.432. The first-order valence-corrected chi connectivity index (χ1v) is 6.08. The fraction of sp³-hybridized carbons (Fsp3) is 0.143. The molecule has 52 valence electrons.